The molecule has 0 bridgehead atoms. The number of fused-ring (bicyclic) bond motifs is 20. The fraction of sp³-hybridized carbons (Fsp3) is 0.0545. The van der Waals surface area contributed by atoms with Crippen molar-refractivity contribution in [3.05, 3.63) is 398 Å². The molecule has 520 valence electrons. The van der Waals surface area contributed by atoms with E-state index in [2.05, 4.69) is 392 Å². The van der Waals surface area contributed by atoms with Gasteiger partial charge in [-0.25, -0.2) is 0 Å². The summed E-state index contributed by atoms with van der Waals surface area (Å²) in [4.78, 5) is 0. The van der Waals surface area contributed by atoms with Crippen LogP contribution in [0.5, 0.6) is 0 Å². The van der Waals surface area contributed by atoms with Gasteiger partial charge in [-0.05, 0) is 233 Å². The summed E-state index contributed by atoms with van der Waals surface area (Å²) in [5, 5.41) is 22.8. The van der Waals surface area contributed by atoms with Crippen molar-refractivity contribution in [1.29, 1.82) is 0 Å². The SMILES string of the molecule is CC1(C)c2c(-c3ccc(-c4c5ccccc5c(-c5ccc6c(ccc7ccccc76)c5)c5ccccc45)cc3)cccc2-c2ccc3ccccc3c21.CC1(C)c2c(-c3ccc(-c4c5ccccc5c(-c5ccccc5-c5ccc6oc7ccccc7c6c5)c5ccccc45)cc3)cccc2-c2ccc3ccccc3c21. The summed E-state index contributed by atoms with van der Waals surface area (Å²) >= 11 is 0. The highest BCUT2D eigenvalue weighted by molar-refractivity contribution is 6.24. The molecule has 1 aromatic heterocycles. The first-order valence-electron chi connectivity index (χ1n) is 38.9. The molecule has 1 heteroatoms. The molecule has 2 aliphatic carbocycles. The largest absolute Gasteiger partial charge is 0.456 e. The molecule has 0 amide bonds. The quantitative estimate of drug-likeness (QED) is 0.114. The number of hydrogen-bond acceptors (Lipinski definition) is 1. The van der Waals surface area contributed by atoms with Crippen molar-refractivity contribution in [2.75, 3.05) is 0 Å². The van der Waals surface area contributed by atoms with Crippen LogP contribution in [0.4, 0.5) is 0 Å². The Kier molecular flexibility index (Phi) is 14.5. The van der Waals surface area contributed by atoms with Gasteiger partial charge in [-0.15, -0.1) is 0 Å². The third kappa shape index (κ3) is 9.88. The van der Waals surface area contributed by atoms with E-state index in [9.17, 15) is 0 Å². The molecule has 0 saturated heterocycles. The van der Waals surface area contributed by atoms with Crippen molar-refractivity contribution >= 4 is 108 Å². The van der Waals surface area contributed by atoms with Crippen LogP contribution < -0.4 is 0 Å². The lowest BCUT2D eigenvalue weighted by molar-refractivity contribution is 0.668. The average Bonchev–Trinajstić information content (AvgIpc) is 1.55. The minimum Gasteiger partial charge on any atom is -0.456 e. The van der Waals surface area contributed by atoms with Crippen molar-refractivity contribution in [3.8, 4) is 100 Å². The lowest BCUT2D eigenvalue weighted by Crippen LogP contribution is -2.16. The summed E-state index contributed by atoms with van der Waals surface area (Å²) < 4.78 is 6.22. The number of benzene rings is 20. The summed E-state index contributed by atoms with van der Waals surface area (Å²) in [5.74, 6) is 0. The summed E-state index contributed by atoms with van der Waals surface area (Å²) in [6.45, 7) is 9.61. The van der Waals surface area contributed by atoms with Gasteiger partial charge in [0.15, 0.2) is 0 Å². The molecule has 0 saturated carbocycles. The second-order valence-electron chi connectivity index (χ2n) is 31.5. The standard InChI is InChI=1S/C57H38O.C53H36/c1-57(2)55-41(23-13-24-48(55)49-32-30-35-14-3-4-16-40(35)56(49)57)36-26-28-37(29-27-36)53-44-19-7-9-21-46(44)54(47-22-10-8-20-45(47)53)43-18-6-5-15-39(43)38-31-33-52-50(34-38)42-17-11-12-25-51(42)58-52;1-53(2)51-42(20-11-21-47(51)48-31-28-34-13-4-6-15-41(34)52(48)53)35-22-25-36(26-23-35)49-43-16-7-9-18-45(43)50(46-19-10-8-17-44(46)49)38-29-30-40-37(32-38)27-24-33-12-3-5-14-39(33)40/h3-34H,1-2H3;3-32H,1-2H3. The van der Waals surface area contributed by atoms with Gasteiger partial charge in [-0.2, -0.15) is 0 Å². The molecule has 20 aromatic carbocycles. The molecule has 0 radical (unpaired) electrons. The zero-order valence-corrected chi connectivity index (χ0v) is 62.2. The maximum absolute atomic E-state index is 6.22. The first kappa shape index (κ1) is 64.5. The molecule has 0 spiro atoms. The Labute approximate surface area is 645 Å². The second kappa shape index (κ2) is 24.9. The highest BCUT2D eigenvalue weighted by Gasteiger charge is 2.41. The Morgan fingerprint density at radius 3 is 0.973 bits per heavy atom. The van der Waals surface area contributed by atoms with Gasteiger partial charge in [0.2, 0.25) is 0 Å². The third-order valence-electron chi connectivity index (χ3n) is 24.8. The Morgan fingerprint density at radius 2 is 0.477 bits per heavy atom. The van der Waals surface area contributed by atoms with Gasteiger partial charge in [0.25, 0.3) is 0 Å². The summed E-state index contributed by atoms with van der Waals surface area (Å²) in [5.41, 5.74) is 30.2. The monoisotopic (exact) mass is 1410 g/mol. The predicted octanol–water partition coefficient (Wildman–Crippen LogP) is 30.8. The Balaban J connectivity index is 0.000000137. The second-order valence-corrected chi connectivity index (χ2v) is 31.5. The third-order valence-corrected chi connectivity index (χ3v) is 24.8. The molecule has 1 heterocycles. The molecule has 21 aromatic rings. The molecule has 1 nitrogen and oxygen atoms in total. The summed E-state index contributed by atoms with van der Waals surface area (Å²) in [7, 11) is 0. The number of para-hydroxylation sites is 1. The van der Waals surface area contributed by atoms with Gasteiger partial charge >= 0.3 is 0 Å². The van der Waals surface area contributed by atoms with Crippen LogP contribution in [0.2, 0.25) is 0 Å². The van der Waals surface area contributed by atoms with E-state index in [0.717, 1.165) is 21.9 Å². The predicted molar refractivity (Wildman–Crippen MR) is 473 cm³/mol. The normalized spacial score (nSPS) is 13.2. The molecule has 2 aliphatic rings. The van der Waals surface area contributed by atoms with Crippen molar-refractivity contribution in [2.24, 2.45) is 0 Å². The first-order chi connectivity index (χ1) is 54.6. The van der Waals surface area contributed by atoms with Crippen molar-refractivity contribution in [1.82, 2.24) is 0 Å². The molecule has 23 rings (SSSR count). The highest BCUT2D eigenvalue weighted by atomic mass is 16.3. The average molecular weight is 1410 g/mol. The van der Waals surface area contributed by atoms with Crippen LogP contribution in [0.1, 0.15) is 49.9 Å². The van der Waals surface area contributed by atoms with Gasteiger partial charge in [0.05, 0.1) is 0 Å². The topological polar surface area (TPSA) is 13.1 Å². The Bertz CT molecular complexity index is 7370. The Morgan fingerprint density at radius 1 is 0.162 bits per heavy atom. The maximum Gasteiger partial charge on any atom is 0.135 e. The first-order valence-corrected chi connectivity index (χ1v) is 38.9. The van der Waals surface area contributed by atoms with E-state index in [-0.39, 0.29) is 10.8 Å². The zero-order chi connectivity index (χ0) is 73.8. The van der Waals surface area contributed by atoms with Crippen molar-refractivity contribution < 1.29 is 4.42 Å². The van der Waals surface area contributed by atoms with E-state index in [4.69, 9.17) is 4.42 Å². The minimum absolute atomic E-state index is 0.126. The van der Waals surface area contributed by atoms with E-state index in [0.29, 0.717) is 0 Å². The minimum atomic E-state index is -0.141. The van der Waals surface area contributed by atoms with Crippen LogP contribution in [0, 0.1) is 0 Å². The lowest BCUT2D eigenvalue weighted by Gasteiger charge is -2.26. The van der Waals surface area contributed by atoms with Crippen LogP contribution in [-0.2, 0) is 10.8 Å². The highest BCUT2D eigenvalue weighted by Crippen LogP contribution is 2.57. The number of hydrogen-bond donors (Lipinski definition) is 0. The van der Waals surface area contributed by atoms with E-state index < -0.39 is 0 Å². The van der Waals surface area contributed by atoms with E-state index in [1.807, 2.05) is 12.1 Å². The fourth-order valence-electron chi connectivity index (χ4n) is 20.1. The maximum atomic E-state index is 6.22. The van der Waals surface area contributed by atoms with Crippen molar-refractivity contribution in [3.63, 3.8) is 0 Å². The van der Waals surface area contributed by atoms with Gasteiger partial charge in [0.1, 0.15) is 11.2 Å². The molecule has 0 unspecified atom stereocenters. The molecule has 0 N–H and O–H groups in total. The van der Waals surface area contributed by atoms with E-state index in [1.54, 1.807) is 0 Å². The Hall–Kier alpha value is -13.7. The molecule has 0 atom stereocenters. The molecular formula is C110H74O. The van der Waals surface area contributed by atoms with Crippen molar-refractivity contribution in [2.45, 2.75) is 38.5 Å². The van der Waals surface area contributed by atoms with E-state index >= 15 is 0 Å². The number of furan rings is 1. The smallest absolute Gasteiger partial charge is 0.135 e. The van der Waals surface area contributed by atoms with Gasteiger partial charge < -0.3 is 4.42 Å². The molecule has 0 fully saturated rings. The van der Waals surface area contributed by atoms with E-state index in [1.165, 1.54) is 209 Å². The van der Waals surface area contributed by atoms with Crippen LogP contribution in [0.15, 0.2) is 381 Å². The van der Waals surface area contributed by atoms with Gasteiger partial charge in [-0.1, -0.05) is 380 Å². The van der Waals surface area contributed by atoms with Crippen LogP contribution in [0.3, 0.4) is 0 Å². The number of rotatable bonds is 7. The lowest BCUT2D eigenvalue weighted by atomic mass is 9.77. The molecule has 111 heavy (non-hydrogen) atoms. The molecular weight excluding hydrogens is 1340 g/mol. The fourth-order valence-corrected chi connectivity index (χ4v) is 20.1. The van der Waals surface area contributed by atoms with Gasteiger partial charge in [-0.3, -0.25) is 0 Å². The van der Waals surface area contributed by atoms with Crippen LogP contribution in [0.25, 0.3) is 208 Å². The van der Waals surface area contributed by atoms with Crippen LogP contribution >= 0.6 is 0 Å². The van der Waals surface area contributed by atoms with Gasteiger partial charge in [0, 0.05) is 21.6 Å². The zero-order valence-electron chi connectivity index (χ0n) is 62.2. The van der Waals surface area contributed by atoms with Crippen LogP contribution in [-0.4, -0.2) is 0 Å². The molecule has 0 aliphatic heterocycles. The summed E-state index contributed by atoms with van der Waals surface area (Å²) in [6, 6.07) is 139. The summed E-state index contributed by atoms with van der Waals surface area (Å²) in [6.07, 6.45) is 0.